The molecule has 2 fully saturated rings. The second-order valence-corrected chi connectivity index (χ2v) is 7.98. The largest absolute Gasteiger partial charge is 0.367 e. The predicted octanol–water partition coefficient (Wildman–Crippen LogP) is 2.10. The lowest BCUT2D eigenvalue weighted by atomic mass is 9.66. The highest BCUT2D eigenvalue weighted by molar-refractivity contribution is 7.80. The first kappa shape index (κ1) is 18.8. The van der Waals surface area contributed by atoms with Crippen LogP contribution in [0.2, 0.25) is 0 Å². The number of carbonyl (C=O) groups excluding carboxylic acids is 2. The van der Waals surface area contributed by atoms with Crippen molar-refractivity contribution in [3.05, 3.63) is 33.9 Å². The van der Waals surface area contributed by atoms with Crippen LogP contribution in [0.4, 0.5) is 11.4 Å². The van der Waals surface area contributed by atoms with E-state index in [2.05, 4.69) is 4.90 Å². The van der Waals surface area contributed by atoms with Crippen LogP contribution in [0.15, 0.2) is 18.2 Å². The van der Waals surface area contributed by atoms with E-state index in [0.29, 0.717) is 12.1 Å². The van der Waals surface area contributed by atoms with Gasteiger partial charge in [0.1, 0.15) is 0 Å². The number of non-ortho nitro benzene ring substituents is 1. The van der Waals surface area contributed by atoms with Crippen molar-refractivity contribution in [1.29, 1.82) is 0 Å². The predicted molar refractivity (Wildman–Crippen MR) is 107 cm³/mol. The van der Waals surface area contributed by atoms with Crippen molar-refractivity contribution in [2.45, 2.75) is 38.6 Å². The molecule has 8 nitrogen and oxygen atoms in total. The number of benzene rings is 1. The molecule has 3 heterocycles. The Bertz CT molecular complexity index is 904. The van der Waals surface area contributed by atoms with Gasteiger partial charge in [0.2, 0.25) is 11.8 Å². The summed E-state index contributed by atoms with van der Waals surface area (Å²) in [6.45, 7) is 2.94. The van der Waals surface area contributed by atoms with E-state index >= 15 is 0 Å². The van der Waals surface area contributed by atoms with Crippen molar-refractivity contribution in [2.24, 2.45) is 5.41 Å². The van der Waals surface area contributed by atoms with Crippen LogP contribution in [0, 0.1) is 15.5 Å². The Morgan fingerprint density at radius 3 is 2.71 bits per heavy atom. The standard InChI is InChI=1S/C19H22N4O4S/c1-3-21-17(25)19(16(24)20(2)18(21)28)11-12-10-13(23(26)27)7-8-14(12)22-9-5-4-6-15(19)22/h7-8,10,15H,3-6,9,11H2,1-2H3. The van der Waals surface area contributed by atoms with E-state index in [1.807, 2.05) is 6.92 Å². The lowest BCUT2D eigenvalue weighted by molar-refractivity contribution is -0.384. The fraction of sp³-hybridized carbons (Fsp3) is 0.526. The van der Waals surface area contributed by atoms with Gasteiger partial charge in [-0.25, -0.2) is 0 Å². The highest BCUT2D eigenvalue weighted by Crippen LogP contribution is 2.49. The summed E-state index contributed by atoms with van der Waals surface area (Å²) >= 11 is 5.34. The van der Waals surface area contributed by atoms with Gasteiger partial charge in [-0.1, -0.05) is 0 Å². The second-order valence-electron chi connectivity index (χ2n) is 7.62. The minimum Gasteiger partial charge on any atom is -0.367 e. The first-order valence-corrected chi connectivity index (χ1v) is 9.91. The van der Waals surface area contributed by atoms with Crippen molar-refractivity contribution in [2.75, 3.05) is 25.0 Å². The molecule has 0 N–H and O–H groups in total. The zero-order valence-corrected chi connectivity index (χ0v) is 16.7. The highest BCUT2D eigenvalue weighted by atomic mass is 32.1. The second kappa shape index (κ2) is 6.51. The van der Waals surface area contributed by atoms with Gasteiger partial charge in [0.15, 0.2) is 10.5 Å². The Kier molecular flexibility index (Phi) is 4.37. The average Bonchev–Trinajstić information content (AvgIpc) is 2.70. The van der Waals surface area contributed by atoms with Crippen molar-refractivity contribution in [3.63, 3.8) is 0 Å². The van der Waals surface area contributed by atoms with Crippen LogP contribution in [0.25, 0.3) is 0 Å². The number of thiocarbonyl (C=S) groups is 1. The maximum absolute atomic E-state index is 13.6. The van der Waals surface area contributed by atoms with Crippen LogP contribution in [-0.4, -0.2) is 57.8 Å². The van der Waals surface area contributed by atoms with E-state index in [9.17, 15) is 19.7 Å². The normalized spacial score (nSPS) is 27.1. The number of hydrogen-bond donors (Lipinski definition) is 0. The molecule has 1 spiro atoms. The Morgan fingerprint density at radius 1 is 1.29 bits per heavy atom. The molecule has 1 aromatic rings. The third-order valence-electron chi connectivity index (χ3n) is 6.27. The Balaban J connectivity index is 1.92. The van der Waals surface area contributed by atoms with Gasteiger partial charge in [-0.15, -0.1) is 0 Å². The molecule has 3 aliphatic heterocycles. The molecule has 2 atom stereocenters. The van der Waals surface area contributed by atoms with Crippen LogP contribution in [0.1, 0.15) is 31.7 Å². The van der Waals surface area contributed by atoms with Gasteiger partial charge < -0.3 is 4.90 Å². The number of piperidine rings is 1. The smallest absolute Gasteiger partial charge is 0.269 e. The number of nitrogens with zero attached hydrogens (tertiary/aromatic N) is 4. The van der Waals surface area contributed by atoms with Gasteiger partial charge in [0.25, 0.3) is 5.69 Å². The molecule has 0 radical (unpaired) electrons. The summed E-state index contributed by atoms with van der Waals surface area (Å²) < 4.78 is 0. The molecule has 2 amide bonds. The highest BCUT2D eigenvalue weighted by Gasteiger charge is 2.62. The molecule has 2 unspecified atom stereocenters. The first-order chi connectivity index (χ1) is 13.3. The fourth-order valence-electron chi connectivity index (χ4n) is 4.96. The fourth-order valence-corrected chi connectivity index (χ4v) is 5.25. The van der Waals surface area contributed by atoms with E-state index in [4.69, 9.17) is 12.2 Å². The SMILES string of the molecule is CCN1C(=O)C2(Cc3cc([N+](=O)[O-])ccc3N3CCCCC32)C(=O)N(C)C1=S. The van der Waals surface area contributed by atoms with E-state index in [0.717, 1.165) is 31.5 Å². The number of nitro groups is 1. The van der Waals surface area contributed by atoms with Gasteiger partial charge in [0, 0.05) is 44.4 Å². The molecule has 28 heavy (non-hydrogen) atoms. The first-order valence-electron chi connectivity index (χ1n) is 9.51. The Hall–Kier alpha value is -2.55. The van der Waals surface area contributed by atoms with Crippen molar-refractivity contribution in [1.82, 2.24) is 9.80 Å². The van der Waals surface area contributed by atoms with Crippen LogP contribution >= 0.6 is 12.2 Å². The Morgan fingerprint density at radius 2 is 2.04 bits per heavy atom. The van der Waals surface area contributed by atoms with Gasteiger partial charge in [-0.2, -0.15) is 0 Å². The molecular weight excluding hydrogens is 380 g/mol. The summed E-state index contributed by atoms with van der Waals surface area (Å²) in [6.07, 6.45) is 2.78. The lowest BCUT2D eigenvalue weighted by Crippen LogP contribution is -2.72. The topological polar surface area (TPSA) is 87.0 Å². The molecule has 0 aromatic heterocycles. The van der Waals surface area contributed by atoms with Gasteiger partial charge in [-0.3, -0.25) is 29.5 Å². The summed E-state index contributed by atoms with van der Waals surface area (Å²) in [5.74, 6) is -0.585. The van der Waals surface area contributed by atoms with E-state index in [-0.39, 0.29) is 35.1 Å². The number of nitro benzene ring substituents is 1. The van der Waals surface area contributed by atoms with Crippen molar-refractivity contribution >= 4 is 40.5 Å². The lowest BCUT2D eigenvalue weighted by Gasteiger charge is -2.55. The molecule has 3 aliphatic rings. The third-order valence-corrected chi connectivity index (χ3v) is 6.77. The number of fused-ring (bicyclic) bond motifs is 4. The van der Waals surface area contributed by atoms with Crippen LogP contribution in [0.3, 0.4) is 0 Å². The van der Waals surface area contributed by atoms with E-state index in [1.54, 1.807) is 13.1 Å². The van der Waals surface area contributed by atoms with Crippen LogP contribution < -0.4 is 4.90 Å². The summed E-state index contributed by atoms with van der Waals surface area (Å²) in [5, 5.41) is 11.5. The number of amides is 2. The Labute approximate surface area is 168 Å². The minimum atomic E-state index is -1.30. The van der Waals surface area contributed by atoms with Crippen molar-refractivity contribution in [3.8, 4) is 0 Å². The van der Waals surface area contributed by atoms with E-state index < -0.39 is 10.3 Å². The molecule has 1 aromatic carbocycles. The average molecular weight is 402 g/mol. The molecule has 0 bridgehead atoms. The summed E-state index contributed by atoms with van der Waals surface area (Å²) in [4.78, 5) is 42.9. The third kappa shape index (κ3) is 2.38. The molecule has 0 aliphatic carbocycles. The van der Waals surface area contributed by atoms with Gasteiger partial charge in [-0.05, 0) is 50.0 Å². The number of anilines is 1. The van der Waals surface area contributed by atoms with Gasteiger partial charge >= 0.3 is 0 Å². The molecule has 0 saturated carbocycles. The van der Waals surface area contributed by atoms with Gasteiger partial charge in [0.05, 0.1) is 11.0 Å². The maximum atomic E-state index is 13.6. The zero-order valence-electron chi connectivity index (χ0n) is 15.9. The molecule has 2 saturated heterocycles. The molecule has 4 rings (SSSR count). The number of hydrogen-bond acceptors (Lipinski definition) is 6. The molecule has 9 heteroatoms. The van der Waals surface area contributed by atoms with Crippen LogP contribution in [0.5, 0.6) is 0 Å². The molecule has 148 valence electrons. The molecular formula is C19H22N4O4S. The summed E-state index contributed by atoms with van der Waals surface area (Å²) in [5.41, 5.74) is 0.235. The monoisotopic (exact) mass is 402 g/mol. The van der Waals surface area contributed by atoms with Crippen molar-refractivity contribution < 1.29 is 14.5 Å². The summed E-state index contributed by atoms with van der Waals surface area (Å²) in [7, 11) is 1.61. The number of rotatable bonds is 2. The minimum absolute atomic E-state index is 0.0312. The van der Waals surface area contributed by atoms with E-state index in [1.165, 1.54) is 21.9 Å². The zero-order chi connectivity index (χ0) is 20.2. The summed E-state index contributed by atoms with van der Waals surface area (Å²) in [6, 6.07) is 4.48. The van der Waals surface area contributed by atoms with Crippen LogP contribution in [-0.2, 0) is 16.0 Å². The maximum Gasteiger partial charge on any atom is 0.269 e. The number of carbonyl (C=O) groups is 2. The quantitative estimate of drug-likeness (QED) is 0.326.